The highest BCUT2D eigenvalue weighted by Gasteiger charge is 2.29. The Labute approximate surface area is 151 Å². The summed E-state index contributed by atoms with van der Waals surface area (Å²) in [5, 5.41) is 0. The number of benzene rings is 1. The molecule has 4 rings (SSSR count). The highest BCUT2D eigenvalue weighted by atomic mass is 16.6. The highest BCUT2D eigenvalue weighted by Crippen LogP contribution is 2.32. The number of likely N-dealkylation sites (tertiary alicyclic amines) is 1. The van der Waals surface area contributed by atoms with Crippen molar-refractivity contribution in [3.8, 4) is 11.5 Å². The van der Waals surface area contributed by atoms with Crippen LogP contribution < -0.4 is 9.47 Å². The Morgan fingerprint density at radius 3 is 2.50 bits per heavy atom. The molecule has 6 heteroatoms. The van der Waals surface area contributed by atoms with Gasteiger partial charge in [-0.05, 0) is 43.2 Å². The van der Waals surface area contributed by atoms with Crippen molar-refractivity contribution in [2.75, 3.05) is 26.3 Å². The van der Waals surface area contributed by atoms with E-state index < -0.39 is 0 Å². The summed E-state index contributed by atoms with van der Waals surface area (Å²) >= 11 is 0. The number of nitrogens with zero attached hydrogens (tertiary/aromatic N) is 2. The molecule has 0 unspecified atom stereocenters. The van der Waals surface area contributed by atoms with E-state index in [2.05, 4.69) is 4.98 Å². The van der Waals surface area contributed by atoms with Gasteiger partial charge in [-0.2, -0.15) is 0 Å². The summed E-state index contributed by atoms with van der Waals surface area (Å²) in [6.45, 7) is 2.16. The van der Waals surface area contributed by atoms with Crippen molar-refractivity contribution in [1.82, 2.24) is 9.88 Å². The fourth-order valence-electron chi connectivity index (χ4n) is 3.43. The van der Waals surface area contributed by atoms with Crippen molar-refractivity contribution in [2.24, 2.45) is 5.92 Å². The summed E-state index contributed by atoms with van der Waals surface area (Å²) in [5.41, 5.74) is 1.09. The van der Waals surface area contributed by atoms with E-state index in [4.69, 9.17) is 9.47 Å². The van der Waals surface area contributed by atoms with Crippen LogP contribution in [0, 0.1) is 5.92 Å². The maximum atomic E-state index is 12.8. The molecule has 1 aromatic heterocycles. The number of hydrogen-bond acceptors (Lipinski definition) is 5. The molecule has 0 N–H and O–H groups in total. The number of ketones is 1. The molecule has 1 saturated heterocycles. The van der Waals surface area contributed by atoms with E-state index in [1.807, 2.05) is 0 Å². The predicted molar refractivity (Wildman–Crippen MR) is 94.6 cm³/mol. The molecule has 2 aliphatic rings. The van der Waals surface area contributed by atoms with Crippen molar-refractivity contribution in [3.05, 3.63) is 53.9 Å². The molecule has 0 saturated carbocycles. The van der Waals surface area contributed by atoms with Gasteiger partial charge in [0.1, 0.15) is 18.9 Å². The van der Waals surface area contributed by atoms with Gasteiger partial charge in [-0.1, -0.05) is 6.07 Å². The van der Waals surface area contributed by atoms with Crippen molar-refractivity contribution in [3.63, 3.8) is 0 Å². The van der Waals surface area contributed by atoms with Crippen LogP contribution >= 0.6 is 0 Å². The quantitative estimate of drug-likeness (QED) is 0.794. The van der Waals surface area contributed by atoms with Crippen molar-refractivity contribution in [2.45, 2.75) is 12.8 Å². The number of pyridine rings is 1. The topological polar surface area (TPSA) is 68.7 Å². The smallest absolute Gasteiger partial charge is 0.272 e. The molecule has 2 aromatic rings. The van der Waals surface area contributed by atoms with Gasteiger partial charge in [0.05, 0.1) is 0 Å². The Balaban J connectivity index is 1.40. The summed E-state index contributed by atoms with van der Waals surface area (Å²) in [7, 11) is 0. The second-order valence-electron chi connectivity index (χ2n) is 6.50. The van der Waals surface area contributed by atoms with Gasteiger partial charge in [0.25, 0.3) is 5.91 Å². The van der Waals surface area contributed by atoms with Crippen LogP contribution in [0.5, 0.6) is 11.5 Å². The van der Waals surface area contributed by atoms with Gasteiger partial charge < -0.3 is 14.4 Å². The van der Waals surface area contributed by atoms with E-state index in [1.165, 1.54) is 0 Å². The number of piperidine rings is 1. The molecule has 1 fully saturated rings. The number of carbonyl (C=O) groups excluding carboxylic acids is 2. The zero-order valence-electron chi connectivity index (χ0n) is 14.4. The normalized spacial score (nSPS) is 17.0. The molecule has 6 nitrogen and oxygen atoms in total. The molecule has 0 aliphatic carbocycles. The first kappa shape index (κ1) is 16.6. The number of amides is 1. The lowest BCUT2D eigenvalue weighted by Gasteiger charge is -2.31. The molecule has 2 aliphatic heterocycles. The minimum Gasteiger partial charge on any atom is -0.486 e. The van der Waals surface area contributed by atoms with E-state index in [0.29, 0.717) is 61.9 Å². The van der Waals surface area contributed by atoms with Crippen LogP contribution in [-0.2, 0) is 0 Å². The fraction of sp³-hybridized carbons (Fsp3) is 0.350. The largest absolute Gasteiger partial charge is 0.486 e. The molecule has 1 amide bonds. The van der Waals surface area contributed by atoms with Crippen molar-refractivity contribution in [1.29, 1.82) is 0 Å². The number of rotatable bonds is 3. The summed E-state index contributed by atoms with van der Waals surface area (Å²) in [5.74, 6) is 1.27. The average molecular weight is 352 g/mol. The first-order valence-electron chi connectivity index (χ1n) is 8.86. The van der Waals surface area contributed by atoms with E-state index in [-0.39, 0.29) is 17.6 Å². The van der Waals surface area contributed by atoms with E-state index in [1.54, 1.807) is 47.5 Å². The molecular weight excluding hydrogens is 332 g/mol. The molecule has 0 atom stereocenters. The molecule has 0 spiro atoms. The third-order valence-electron chi connectivity index (χ3n) is 4.86. The lowest BCUT2D eigenvalue weighted by molar-refractivity contribution is 0.0645. The fourth-order valence-corrected chi connectivity index (χ4v) is 3.43. The van der Waals surface area contributed by atoms with Gasteiger partial charge in [0.2, 0.25) is 0 Å². The molecule has 1 aromatic carbocycles. The monoisotopic (exact) mass is 352 g/mol. The number of fused-ring (bicyclic) bond motifs is 1. The number of aromatic nitrogens is 1. The Kier molecular flexibility index (Phi) is 4.56. The van der Waals surface area contributed by atoms with Gasteiger partial charge in [0.15, 0.2) is 17.3 Å². The zero-order chi connectivity index (χ0) is 17.9. The van der Waals surface area contributed by atoms with E-state index in [0.717, 1.165) is 0 Å². The Morgan fingerprint density at radius 2 is 1.77 bits per heavy atom. The molecular formula is C20H20N2O4. The standard InChI is InChI=1S/C20H20N2O4/c23-19(15-4-5-17-18(13-15)26-12-11-25-17)14-6-9-22(10-7-14)20(24)16-3-1-2-8-21-16/h1-5,8,13-14H,6-7,9-12H2. The third-order valence-corrected chi connectivity index (χ3v) is 4.86. The van der Waals surface area contributed by atoms with E-state index >= 15 is 0 Å². The molecule has 3 heterocycles. The Hall–Kier alpha value is -2.89. The maximum Gasteiger partial charge on any atom is 0.272 e. The second-order valence-corrected chi connectivity index (χ2v) is 6.50. The van der Waals surface area contributed by atoms with Crippen LogP contribution in [0.25, 0.3) is 0 Å². The molecule has 0 bridgehead atoms. The van der Waals surface area contributed by atoms with Gasteiger partial charge in [-0.3, -0.25) is 14.6 Å². The van der Waals surface area contributed by atoms with Gasteiger partial charge in [-0.15, -0.1) is 0 Å². The van der Waals surface area contributed by atoms with Crippen molar-refractivity contribution < 1.29 is 19.1 Å². The lowest BCUT2D eigenvalue weighted by Crippen LogP contribution is -2.40. The summed E-state index contributed by atoms with van der Waals surface area (Å²) < 4.78 is 11.1. The van der Waals surface area contributed by atoms with Crippen LogP contribution in [-0.4, -0.2) is 47.9 Å². The van der Waals surface area contributed by atoms with Crippen LogP contribution in [0.15, 0.2) is 42.6 Å². The number of hydrogen-bond donors (Lipinski definition) is 0. The average Bonchev–Trinajstić information content (AvgIpc) is 2.73. The number of ether oxygens (including phenoxy) is 2. The van der Waals surface area contributed by atoms with Gasteiger partial charge in [0, 0.05) is 30.8 Å². The minimum absolute atomic E-state index is 0.0733. The Morgan fingerprint density at radius 1 is 1.00 bits per heavy atom. The van der Waals surface area contributed by atoms with Crippen LogP contribution in [0.3, 0.4) is 0 Å². The van der Waals surface area contributed by atoms with Crippen LogP contribution in [0.1, 0.15) is 33.7 Å². The first-order valence-corrected chi connectivity index (χ1v) is 8.86. The maximum absolute atomic E-state index is 12.8. The predicted octanol–water partition coefficient (Wildman–Crippen LogP) is 2.59. The van der Waals surface area contributed by atoms with Gasteiger partial charge in [-0.25, -0.2) is 0 Å². The zero-order valence-corrected chi connectivity index (χ0v) is 14.4. The molecule has 0 radical (unpaired) electrons. The summed E-state index contributed by atoms with van der Waals surface area (Å²) in [6, 6.07) is 10.7. The minimum atomic E-state index is -0.0784. The summed E-state index contributed by atoms with van der Waals surface area (Å²) in [4.78, 5) is 31.2. The SMILES string of the molecule is O=C(c1ccc2c(c1)OCCO2)C1CCN(C(=O)c2ccccn2)CC1. The second kappa shape index (κ2) is 7.15. The Bertz CT molecular complexity index is 814. The summed E-state index contributed by atoms with van der Waals surface area (Å²) in [6.07, 6.45) is 2.93. The van der Waals surface area contributed by atoms with Crippen molar-refractivity contribution >= 4 is 11.7 Å². The first-order chi connectivity index (χ1) is 12.7. The van der Waals surface area contributed by atoms with Crippen LogP contribution in [0.4, 0.5) is 0 Å². The molecule has 134 valence electrons. The van der Waals surface area contributed by atoms with Gasteiger partial charge >= 0.3 is 0 Å². The highest BCUT2D eigenvalue weighted by molar-refractivity contribution is 5.99. The van der Waals surface area contributed by atoms with Crippen LogP contribution in [0.2, 0.25) is 0 Å². The lowest BCUT2D eigenvalue weighted by atomic mass is 9.88. The number of carbonyl (C=O) groups is 2. The third kappa shape index (κ3) is 3.27. The van der Waals surface area contributed by atoms with E-state index in [9.17, 15) is 9.59 Å². The molecule has 26 heavy (non-hydrogen) atoms. The number of Topliss-reactive ketones (excluding diaryl/α,β-unsaturated/α-hetero) is 1.